The highest BCUT2D eigenvalue weighted by molar-refractivity contribution is 6.30. The molecule has 0 aromatic heterocycles. The van der Waals surface area contributed by atoms with Crippen LogP contribution in [-0.2, 0) is 0 Å². The second-order valence-corrected chi connectivity index (χ2v) is 2.95. The van der Waals surface area contributed by atoms with Gasteiger partial charge in [0, 0.05) is 22.4 Å². The molecule has 3 nitrogen and oxygen atoms in total. The summed E-state index contributed by atoms with van der Waals surface area (Å²) in [7, 11) is 0. The smallest absolute Gasteiger partial charge is 0.235 e. The normalized spacial score (nSPS) is 12.5. The van der Waals surface area contributed by atoms with Crippen molar-refractivity contribution in [1.82, 2.24) is 0 Å². The van der Waals surface area contributed by atoms with Crippen molar-refractivity contribution in [2.75, 3.05) is 0 Å². The molecule has 0 spiro atoms. The third-order valence-electron chi connectivity index (χ3n) is 1.65. The number of nitro groups is 1. The van der Waals surface area contributed by atoms with Crippen LogP contribution in [0.1, 0.15) is 18.5 Å². The van der Waals surface area contributed by atoms with Gasteiger partial charge in [-0.25, -0.2) is 0 Å². The topological polar surface area (TPSA) is 43.1 Å². The predicted octanol–water partition coefficient (Wildman–Crippen LogP) is 2.68. The first-order chi connectivity index (χ1) is 5.61. The Morgan fingerprint density at radius 3 is 2.75 bits per heavy atom. The van der Waals surface area contributed by atoms with E-state index in [1.54, 1.807) is 24.3 Å². The van der Waals surface area contributed by atoms with Gasteiger partial charge in [-0.1, -0.05) is 23.7 Å². The van der Waals surface area contributed by atoms with Crippen molar-refractivity contribution >= 4 is 11.6 Å². The van der Waals surface area contributed by atoms with E-state index in [-0.39, 0.29) is 4.92 Å². The SMILES string of the molecule is CC(c1cccc(Cl)c1)[N+](=O)[O-]. The van der Waals surface area contributed by atoms with Gasteiger partial charge < -0.3 is 0 Å². The minimum atomic E-state index is -0.691. The molecule has 0 heterocycles. The molecule has 64 valence electrons. The van der Waals surface area contributed by atoms with Crippen molar-refractivity contribution in [1.29, 1.82) is 0 Å². The minimum absolute atomic E-state index is 0.342. The van der Waals surface area contributed by atoms with Crippen molar-refractivity contribution in [3.8, 4) is 0 Å². The van der Waals surface area contributed by atoms with Crippen molar-refractivity contribution in [3.63, 3.8) is 0 Å². The van der Waals surface area contributed by atoms with Crippen LogP contribution in [0.25, 0.3) is 0 Å². The fraction of sp³-hybridized carbons (Fsp3) is 0.250. The highest BCUT2D eigenvalue weighted by Crippen LogP contribution is 2.19. The second kappa shape index (κ2) is 3.54. The molecule has 0 aliphatic rings. The average molecular weight is 186 g/mol. The van der Waals surface area contributed by atoms with Gasteiger partial charge in [0.2, 0.25) is 6.04 Å². The van der Waals surface area contributed by atoms with E-state index in [0.29, 0.717) is 10.6 Å². The molecule has 0 saturated carbocycles. The molecule has 0 fully saturated rings. The Labute approximate surface area is 75.1 Å². The van der Waals surface area contributed by atoms with E-state index in [9.17, 15) is 10.1 Å². The van der Waals surface area contributed by atoms with Gasteiger partial charge >= 0.3 is 0 Å². The van der Waals surface area contributed by atoms with Crippen LogP contribution in [0.4, 0.5) is 0 Å². The van der Waals surface area contributed by atoms with Crippen LogP contribution in [0, 0.1) is 10.1 Å². The highest BCUT2D eigenvalue weighted by atomic mass is 35.5. The maximum absolute atomic E-state index is 10.4. The molecule has 1 aromatic carbocycles. The predicted molar refractivity (Wildman–Crippen MR) is 46.9 cm³/mol. The van der Waals surface area contributed by atoms with Crippen LogP contribution < -0.4 is 0 Å². The molecule has 0 bridgehead atoms. The summed E-state index contributed by atoms with van der Waals surface area (Å²) in [6.07, 6.45) is 0. The lowest BCUT2D eigenvalue weighted by molar-refractivity contribution is -0.524. The van der Waals surface area contributed by atoms with Crippen LogP contribution in [0.15, 0.2) is 24.3 Å². The standard InChI is InChI=1S/C8H8ClNO2/c1-6(10(11)12)7-3-2-4-8(9)5-7/h2-6H,1H3. The van der Waals surface area contributed by atoms with Crippen molar-refractivity contribution in [2.45, 2.75) is 13.0 Å². The van der Waals surface area contributed by atoms with E-state index in [0.717, 1.165) is 0 Å². The first-order valence-electron chi connectivity index (χ1n) is 3.50. The van der Waals surface area contributed by atoms with E-state index in [1.165, 1.54) is 6.92 Å². The molecule has 0 aliphatic carbocycles. The Morgan fingerprint density at radius 2 is 2.25 bits per heavy atom. The summed E-state index contributed by atoms with van der Waals surface area (Å²) in [5, 5.41) is 10.9. The summed E-state index contributed by atoms with van der Waals surface area (Å²) in [5.74, 6) is 0. The molecule has 0 saturated heterocycles. The average Bonchev–Trinajstić information content (AvgIpc) is 2.03. The largest absolute Gasteiger partial charge is 0.264 e. The van der Waals surface area contributed by atoms with E-state index in [4.69, 9.17) is 11.6 Å². The van der Waals surface area contributed by atoms with Crippen LogP contribution >= 0.6 is 11.6 Å². The second-order valence-electron chi connectivity index (χ2n) is 2.52. The minimum Gasteiger partial charge on any atom is -0.264 e. The van der Waals surface area contributed by atoms with Gasteiger partial charge in [-0.2, -0.15) is 0 Å². The number of halogens is 1. The Morgan fingerprint density at radius 1 is 1.58 bits per heavy atom. The quantitative estimate of drug-likeness (QED) is 0.525. The number of benzene rings is 1. The zero-order valence-electron chi connectivity index (χ0n) is 6.53. The lowest BCUT2D eigenvalue weighted by atomic mass is 10.1. The third kappa shape index (κ3) is 1.95. The number of hydrogen-bond acceptors (Lipinski definition) is 2. The lowest BCUT2D eigenvalue weighted by Gasteiger charge is -2.02. The zero-order valence-corrected chi connectivity index (χ0v) is 7.28. The van der Waals surface area contributed by atoms with Crippen molar-refractivity contribution < 1.29 is 4.92 Å². The number of rotatable bonds is 2. The van der Waals surface area contributed by atoms with Gasteiger partial charge in [-0.15, -0.1) is 0 Å². The van der Waals surface area contributed by atoms with Gasteiger partial charge in [0.15, 0.2) is 0 Å². The first-order valence-corrected chi connectivity index (χ1v) is 3.88. The summed E-state index contributed by atoms with van der Waals surface area (Å²) in [5.41, 5.74) is 0.632. The summed E-state index contributed by atoms with van der Waals surface area (Å²) in [6, 6.07) is 6.01. The molecule has 1 rings (SSSR count). The number of nitrogens with zero attached hydrogens (tertiary/aromatic N) is 1. The molecule has 0 radical (unpaired) electrons. The first kappa shape index (κ1) is 9.00. The van der Waals surface area contributed by atoms with Gasteiger partial charge in [-0.3, -0.25) is 10.1 Å². The van der Waals surface area contributed by atoms with Crippen molar-refractivity contribution in [2.24, 2.45) is 0 Å². The molecule has 0 amide bonds. The summed E-state index contributed by atoms with van der Waals surface area (Å²) in [6.45, 7) is 1.53. The molecule has 1 atom stereocenters. The monoisotopic (exact) mass is 185 g/mol. The van der Waals surface area contributed by atoms with Gasteiger partial charge in [0.1, 0.15) is 0 Å². The molecule has 0 N–H and O–H groups in total. The van der Waals surface area contributed by atoms with Crippen LogP contribution in [-0.4, -0.2) is 4.92 Å². The maximum Gasteiger partial charge on any atom is 0.235 e. The number of hydrogen-bond donors (Lipinski definition) is 0. The van der Waals surface area contributed by atoms with Crippen LogP contribution in [0.2, 0.25) is 5.02 Å². The Kier molecular flexibility index (Phi) is 2.65. The van der Waals surface area contributed by atoms with Crippen LogP contribution in [0.3, 0.4) is 0 Å². The van der Waals surface area contributed by atoms with Crippen molar-refractivity contribution in [3.05, 3.63) is 45.0 Å². The molecule has 1 aromatic rings. The van der Waals surface area contributed by atoms with Crippen LogP contribution in [0.5, 0.6) is 0 Å². The van der Waals surface area contributed by atoms with Gasteiger partial charge in [0.25, 0.3) is 0 Å². The molecule has 1 unspecified atom stereocenters. The molecule has 4 heteroatoms. The lowest BCUT2D eigenvalue weighted by Crippen LogP contribution is -2.05. The fourth-order valence-electron chi connectivity index (χ4n) is 0.888. The molecule has 12 heavy (non-hydrogen) atoms. The molecular formula is C8H8ClNO2. The third-order valence-corrected chi connectivity index (χ3v) is 1.88. The highest BCUT2D eigenvalue weighted by Gasteiger charge is 2.15. The van der Waals surface area contributed by atoms with E-state index >= 15 is 0 Å². The van der Waals surface area contributed by atoms with Gasteiger partial charge in [0.05, 0.1) is 0 Å². The van der Waals surface area contributed by atoms with E-state index < -0.39 is 6.04 Å². The molecular weight excluding hydrogens is 178 g/mol. The Bertz CT molecular complexity index is 301. The summed E-state index contributed by atoms with van der Waals surface area (Å²) in [4.78, 5) is 10.0. The van der Waals surface area contributed by atoms with Gasteiger partial charge in [-0.05, 0) is 12.1 Å². The maximum atomic E-state index is 10.4. The molecule has 0 aliphatic heterocycles. The summed E-state index contributed by atoms with van der Waals surface area (Å²) < 4.78 is 0. The summed E-state index contributed by atoms with van der Waals surface area (Å²) >= 11 is 5.67. The zero-order chi connectivity index (χ0) is 9.14. The van der Waals surface area contributed by atoms with E-state index in [2.05, 4.69) is 0 Å². The Hall–Kier alpha value is -1.09. The van der Waals surface area contributed by atoms with E-state index in [1.807, 2.05) is 0 Å². The fourth-order valence-corrected chi connectivity index (χ4v) is 1.09. The Balaban J connectivity index is 2.95.